The number of hydrogen-bond acceptors (Lipinski definition) is 0. The number of aromatic nitrogens is 4. The average molecular weight is 823 g/mol. The summed E-state index contributed by atoms with van der Waals surface area (Å²) in [4.78, 5) is 0. The van der Waals surface area contributed by atoms with E-state index < -0.39 is 0 Å². The van der Waals surface area contributed by atoms with E-state index in [0.29, 0.717) is 0 Å². The highest BCUT2D eigenvalue weighted by Crippen LogP contribution is 2.20. The Hall–Kier alpha value is -1.58. The van der Waals surface area contributed by atoms with Crippen molar-refractivity contribution in [3.63, 3.8) is 0 Å². The summed E-state index contributed by atoms with van der Waals surface area (Å²) in [7, 11) is 0. The molecule has 0 N–H and O–H groups in total. The van der Waals surface area contributed by atoms with E-state index in [9.17, 15) is 0 Å². The first kappa shape index (κ1) is 53.6. The first-order chi connectivity index (χ1) is 29.3. The summed E-state index contributed by atoms with van der Waals surface area (Å²) in [6.07, 6.45) is 67.3. The largest absolute Gasteiger partial charge is 0.373 e. The molecule has 2 rings (SSSR count). The molecule has 0 aliphatic carbocycles. The van der Waals surface area contributed by atoms with Crippen LogP contribution in [-0.2, 0) is 26.2 Å². The van der Waals surface area contributed by atoms with E-state index >= 15 is 0 Å². The van der Waals surface area contributed by atoms with Crippen molar-refractivity contribution in [2.45, 2.75) is 317 Å². The number of hydrogen-bond donors (Lipinski definition) is 0. The van der Waals surface area contributed by atoms with Crippen molar-refractivity contribution in [3.05, 3.63) is 24.8 Å². The topological polar surface area (TPSA) is 17.6 Å². The number of rotatable bonds is 46. The molecule has 0 saturated heterocycles. The van der Waals surface area contributed by atoms with Crippen LogP contribution in [0.3, 0.4) is 0 Å². The Morgan fingerprint density at radius 1 is 0.271 bits per heavy atom. The summed E-state index contributed by atoms with van der Waals surface area (Å²) in [5.41, 5.74) is 0. The lowest BCUT2D eigenvalue weighted by Crippen LogP contribution is -2.43. The summed E-state index contributed by atoms with van der Waals surface area (Å²) >= 11 is 0. The first-order valence-electron chi connectivity index (χ1n) is 27.4. The molecule has 4 heteroatoms. The van der Waals surface area contributed by atoms with Gasteiger partial charge in [-0.1, -0.05) is 240 Å². The zero-order valence-electron chi connectivity index (χ0n) is 40.9. The Balaban J connectivity index is 2.02. The molecule has 0 aliphatic heterocycles. The SMILES string of the molecule is CCCCCCCCCCCCCCCn1cc[n+](CCCCCCCCC)c1-c1n(CCCCCCCCCC)cc[n+]1CCCCCCCCCCCCCCC. The van der Waals surface area contributed by atoms with Crippen LogP contribution in [0.15, 0.2) is 24.8 Å². The number of nitrogens with zero attached hydrogens (tertiary/aromatic N) is 4. The van der Waals surface area contributed by atoms with Crippen LogP contribution >= 0.6 is 0 Å². The second kappa shape index (κ2) is 40.5. The highest BCUT2D eigenvalue weighted by molar-refractivity contribution is 5.36. The molecule has 0 aromatic carbocycles. The van der Waals surface area contributed by atoms with Gasteiger partial charge in [0.2, 0.25) is 0 Å². The van der Waals surface area contributed by atoms with Crippen molar-refractivity contribution in [3.8, 4) is 11.6 Å². The molecule has 2 aromatic rings. The molecule has 0 fully saturated rings. The van der Waals surface area contributed by atoms with Gasteiger partial charge in [0.1, 0.15) is 24.8 Å². The molecule has 2 heterocycles. The van der Waals surface area contributed by atoms with E-state index in [1.807, 2.05) is 0 Å². The molecule has 0 radical (unpaired) electrons. The summed E-state index contributed by atoms with van der Waals surface area (Å²) in [6.45, 7) is 13.9. The fourth-order valence-corrected chi connectivity index (χ4v) is 9.42. The van der Waals surface area contributed by atoms with Gasteiger partial charge < -0.3 is 0 Å². The first-order valence-corrected chi connectivity index (χ1v) is 27.4. The molecule has 0 atom stereocenters. The van der Waals surface area contributed by atoms with Crippen molar-refractivity contribution in [2.75, 3.05) is 0 Å². The standard InChI is InChI=1S/C55H106N4/c1-5-9-13-17-21-24-26-28-30-32-36-40-44-48-58-51-50-56(46-42-38-34-20-16-12-8-4)54(58)55-57(47-43-39-35-23-19-15-11-7-3)52-53-59(55)49-45-41-37-33-31-29-27-25-22-18-14-10-6-2/h50-53H,5-49H2,1-4H3/q+2. The number of unbranched alkanes of at least 4 members (excludes halogenated alkanes) is 37. The molecule has 0 saturated carbocycles. The van der Waals surface area contributed by atoms with Gasteiger partial charge in [-0.25, -0.2) is 18.3 Å². The zero-order chi connectivity index (χ0) is 42.1. The minimum atomic E-state index is 1.15. The van der Waals surface area contributed by atoms with E-state index in [2.05, 4.69) is 70.8 Å². The van der Waals surface area contributed by atoms with Gasteiger partial charge in [0.15, 0.2) is 0 Å². The maximum Gasteiger partial charge on any atom is 0.373 e. The molecule has 344 valence electrons. The quantitative estimate of drug-likeness (QED) is 0.0468. The highest BCUT2D eigenvalue weighted by atomic mass is 15.2. The van der Waals surface area contributed by atoms with Crippen LogP contribution in [0.1, 0.15) is 291 Å². The lowest BCUT2D eigenvalue weighted by Gasteiger charge is -2.08. The number of imidazole rings is 2. The highest BCUT2D eigenvalue weighted by Gasteiger charge is 2.32. The summed E-state index contributed by atoms with van der Waals surface area (Å²) < 4.78 is 10.7. The minimum absolute atomic E-state index is 1.15. The third kappa shape index (κ3) is 27.9. The van der Waals surface area contributed by atoms with Gasteiger partial charge in [-0.2, -0.15) is 0 Å². The van der Waals surface area contributed by atoms with E-state index in [1.54, 1.807) is 0 Å². The predicted molar refractivity (Wildman–Crippen MR) is 260 cm³/mol. The second-order valence-corrected chi connectivity index (χ2v) is 19.1. The van der Waals surface area contributed by atoms with Gasteiger partial charge in [-0.05, 0) is 51.4 Å². The third-order valence-electron chi connectivity index (χ3n) is 13.4. The Morgan fingerprint density at radius 3 is 0.712 bits per heavy atom. The summed E-state index contributed by atoms with van der Waals surface area (Å²) in [6, 6.07) is 0. The van der Waals surface area contributed by atoms with Crippen LogP contribution in [0, 0.1) is 0 Å². The van der Waals surface area contributed by atoms with E-state index in [-0.39, 0.29) is 0 Å². The Labute approximate surface area is 370 Å². The molecule has 0 amide bonds. The monoisotopic (exact) mass is 823 g/mol. The molecule has 0 unspecified atom stereocenters. The van der Waals surface area contributed by atoms with E-state index in [1.165, 1.54) is 275 Å². The zero-order valence-corrected chi connectivity index (χ0v) is 40.9. The van der Waals surface area contributed by atoms with E-state index in [4.69, 9.17) is 0 Å². The van der Waals surface area contributed by atoms with Crippen molar-refractivity contribution < 1.29 is 9.13 Å². The van der Waals surface area contributed by atoms with Crippen molar-refractivity contribution in [1.29, 1.82) is 0 Å². The van der Waals surface area contributed by atoms with Crippen LogP contribution < -0.4 is 9.13 Å². The number of aryl methyl sites for hydroxylation is 4. The van der Waals surface area contributed by atoms with Gasteiger partial charge in [0.25, 0.3) is 0 Å². The van der Waals surface area contributed by atoms with Crippen LogP contribution in [0.4, 0.5) is 0 Å². The average Bonchev–Trinajstić information content (AvgIpc) is 3.84. The fraction of sp³-hybridized carbons (Fsp3) is 0.891. The van der Waals surface area contributed by atoms with E-state index in [0.717, 1.165) is 26.2 Å². The van der Waals surface area contributed by atoms with Gasteiger partial charge in [0, 0.05) is 0 Å². The Morgan fingerprint density at radius 2 is 0.475 bits per heavy atom. The van der Waals surface area contributed by atoms with Gasteiger partial charge in [-0.15, -0.1) is 0 Å². The van der Waals surface area contributed by atoms with Crippen LogP contribution in [0.5, 0.6) is 0 Å². The molecular formula is C55H106N4+2. The predicted octanol–water partition coefficient (Wildman–Crippen LogP) is 17.6. The minimum Gasteiger partial charge on any atom is -0.223 e. The van der Waals surface area contributed by atoms with Crippen LogP contribution in [-0.4, -0.2) is 9.13 Å². The summed E-state index contributed by atoms with van der Waals surface area (Å²) in [5.74, 6) is 2.96. The molecule has 0 bridgehead atoms. The molecular weight excluding hydrogens is 717 g/mol. The second-order valence-electron chi connectivity index (χ2n) is 19.1. The molecule has 0 spiro atoms. The van der Waals surface area contributed by atoms with Gasteiger partial charge >= 0.3 is 11.6 Å². The van der Waals surface area contributed by atoms with Crippen molar-refractivity contribution in [1.82, 2.24) is 9.13 Å². The Kier molecular flexibility index (Phi) is 36.8. The molecule has 0 aliphatic rings. The fourth-order valence-electron chi connectivity index (χ4n) is 9.42. The lowest BCUT2D eigenvalue weighted by molar-refractivity contribution is -0.715. The van der Waals surface area contributed by atoms with Crippen molar-refractivity contribution in [2.24, 2.45) is 0 Å². The molecule has 59 heavy (non-hydrogen) atoms. The smallest absolute Gasteiger partial charge is 0.223 e. The normalized spacial score (nSPS) is 11.7. The van der Waals surface area contributed by atoms with Gasteiger partial charge in [-0.3, -0.25) is 0 Å². The lowest BCUT2D eigenvalue weighted by atomic mass is 10.0. The molecule has 2 aromatic heterocycles. The molecule has 4 nitrogen and oxygen atoms in total. The van der Waals surface area contributed by atoms with Crippen LogP contribution in [0.25, 0.3) is 11.6 Å². The summed E-state index contributed by atoms with van der Waals surface area (Å²) in [5, 5.41) is 0. The Bertz CT molecular complexity index is 1150. The maximum atomic E-state index is 2.67. The van der Waals surface area contributed by atoms with Crippen molar-refractivity contribution >= 4 is 0 Å². The third-order valence-corrected chi connectivity index (χ3v) is 13.4. The van der Waals surface area contributed by atoms with Crippen LogP contribution in [0.2, 0.25) is 0 Å². The maximum absolute atomic E-state index is 2.67. The van der Waals surface area contributed by atoms with Gasteiger partial charge in [0.05, 0.1) is 26.2 Å².